The molecule has 0 saturated carbocycles. The summed E-state index contributed by atoms with van der Waals surface area (Å²) in [5.74, 6) is -0.0824. The molecule has 0 bridgehead atoms. The first-order valence-corrected chi connectivity index (χ1v) is 5.95. The Hall–Kier alpha value is -1.75. The van der Waals surface area contributed by atoms with Crippen LogP contribution in [0.25, 0.3) is 0 Å². The molecule has 0 spiro atoms. The lowest BCUT2D eigenvalue weighted by molar-refractivity contribution is -0.114. The quantitative estimate of drug-likeness (QED) is 0.909. The van der Waals surface area contributed by atoms with Gasteiger partial charge in [0.05, 0.1) is 0 Å². The van der Waals surface area contributed by atoms with Crippen LogP contribution in [-0.2, 0) is 4.79 Å². The van der Waals surface area contributed by atoms with Crippen LogP contribution in [0.3, 0.4) is 0 Å². The van der Waals surface area contributed by atoms with Gasteiger partial charge in [-0.05, 0) is 36.4 Å². The van der Waals surface area contributed by atoms with Crippen LogP contribution >= 0.6 is 15.9 Å². The number of amides is 1. The number of carbonyl (C=O) groups excluding carboxylic acids is 1. The van der Waals surface area contributed by atoms with Gasteiger partial charge in [0.1, 0.15) is 6.54 Å². The van der Waals surface area contributed by atoms with Crippen molar-refractivity contribution in [2.75, 3.05) is 17.3 Å². The van der Waals surface area contributed by atoms with Gasteiger partial charge in [-0.2, -0.15) is 0 Å². The highest BCUT2D eigenvalue weighted by Crippen LogP contribution is 2.13. The average molecular weight is 294 g/mol. The summed E-state index contributed by atoms with van der Waals surface area (Å²) in [6.07, 6.45) is 3.68. The Labute approximate surface area is 108 Å². The molecule has 0 aliphatic carbocycles. The Morgan fingerprint density at radius 2 is 1.82 bits per heavy atom. The highest BCUT2D eigenvalue weighted by molar-refractivity contribution is 9.10. The summed E-state index contributed by atoms with van der Waals surface area (Å²) in [4.78, 5) is 11.6. The molecule has 0 atom stereocenters. The zero-order valence-corrected chi connectivity index (χ0v) is 10.6. The minimum atomic E-state index is -0.0824. The zero-order valence-electron chi connectivity index (χ0n) is 9.06. The van der Waals surface area contributed by atoms with Gasteiger partial charge in [-0.1, -0.05) is 15.9 Å². The number of hydrogen-bond acceptors (Lipinski definition) is 2. The van der Waals surface area contributed by atoms with Gasteiger partial charge in [-0.25, -0.2) is 0 Å². The predicted octanol–water partition coefficient (Wildman–Crippen LogP) is 2.43. The van der Waals surface area contributed by atoms with Gasteiger partial charge in [-0.3, -0.25) is 9.47 Å². The third-order valence-corrected chi connectivity index (χ3v) is 2.68. The number of nitrogens with one attached hydrogen (secondary N) is 2. The maximum Gasteiger partial charge on any atom is 0.245 e. The molecule has 0 saturated heterocycles. The first-order valence-electron chi connectivity index (χ1n) is 5.16. The summed E-state index contributed by atoms with van der Waals surface area (Å²) in [6, 6.07) is 11.2. The molecule has 1 aromatic heterocycles. The lowest BCUT2D eigenvalue weighted by Gasteiger charge is -2.08. The van der Waals surface area contributed by atoms with Crippen LogP contribution in [0.1, 0.15) is 0 Å². The van der Waals surface area contributed by atoms with Gasteiger partial charge in [0.15, 0.2) is 0 Å². The molecule has 1 aromatic carbocycles. The first kappa shape index (κ1) is 11.7. The smallest absolute Gasteiger partial charge is 0.245 e. The monoisotopic (exact) mass is 293 g/mol. The summed E-state index contributed by atoms with van der Waals surface area (Å²) in [7, 11) is 0. The SMILES string of the molecule is O=C(CNn1cccc1)Nc1ccc(Br)cc1. The zero-order chi connectivity index (χ0) is 12.1. The van der Waals surface area contributed by atoms with Crippen molar-refractivity contribution >= 4 is 27.5 Å². The van der Waals surface area contributed by atoms with Crippen molar-refractivity contribution in [2.24, 2.45) is 0 Å². The van der Waals surface area contributed by atoms with Gasteiger partial charge >= 0.3 is 0 Å². The number of nitrogens with zero attached hydrogens (tertiary/aromatic N) is 1. The standard InChI is InChI=1S/C12H12BrN3O/c13-10-3-5-11(6-4-10)15-12(17)9-14-16-7-1-2-8-16/h1-8,14H,9H2,(H,15,17). The van der Waals surface area contributed by atoms with E-state index in [4.69, 9.17) is 0 Å². The predicted molar refractivity (Wildman–Crippen MR) is 71.4 cm³/mol. The van der Waals surface area contributed by atoms with Crippen LogP contribution < -0.4 is 10.7 Å². The maximum absolute atomic E-state index is 11.6. The molecule has 0 aliphatic heterocycles. The second-order valence-electron chi connectivity index (χ2n) is 3.48. The lowest BCUT2D eigenvalue weighted by Crippen LogP contribution is -2.26. The van der Waals surface area contributed by atoms with Gasteiger partial charge in [-0.15, -0.1) is 0 Å². The number of anilines is 1. The average Bonchev–Trinajstić information content (AvgIpc) is 2.83. The fraction of sp³-hybridized carbons (Fsp3) is 0.0833. The van der Waals surface area contributed by atoms with E-state index in [1.165, 1.54) is 0 Å². The minimum absolute atomic E-state index is 0.0824. The number of carbonyl (C=O) groups is 1. The molecule has 0 unspecified atom stereocenters. The number of aromatic nitrogens is 1. The molecule has 0 fully saturated rings. The summed E-state index contributed by atoms with van der Waals surface area (Å²) >= 11 is 3.34. The number of hydrogen-bond donors (Lipinski definition) is 2. The van der Waals surface area contributed by atoms with Crippen molar-refractivity contribution in [2.45, 2.75) is 0 Å². The molecule has 2 N–H and O–H groups in total. The Kier molecular flexibility index (Phi) is 3.82. The minimum Gasteiger partial charge on any atom is -0.325 e. The van der Waals surface area contributed by atoms with Crippen LogP contribution in [0.15, 0.2) is 53.3 Å². The summed E-state index contributed by atoms with van der Waals surface area (Å²) in [5, 5.41) is 2.80. The van der Waals surface area contributed by atoms with Gasteiger partial charge in [0, 0.05) is 22.6 Å². The summed E-state index contributed by atoms with van der Waals surface area (Å²) in [5.41, 5.74) is 3.74. The molecule has 1 amide bonds. The topological polar surface area (TPSA) is 46.1 Å². The summed E-state index contributed by atoms with van der Waals surface area (Å²) < 4.78 is 2.72. The van der Waals surface area contributed by atoms with Gasteiger partial charge in [0.2, 0.25) is 5.91 Å². The Balaban J connectivity index is 1.83. The van der Waals surface area contributed by atoms with Crippen molar-refractivity contribution in [3.63, 3.8) is 0 Å². The molecule has 5 heteroatoms. The van der Waals surface area contributed by atoms with E-state index in [2.05, 4.69) is 26.7 Å². The van der Waals surface area contributed by atoms with Crippen molar-refractivity contribution in [3.8, 4) is 0 Å². The Bertz CT molecular complexity index is 479. The van der Waals surface area contributed by atoms with E-state index in [1.807, 2.05) is 48.8 Å². The van der Waals surface area contributed by atoms with Crippen molar-refractivity contribution in [3.05, 3.63) is 53.3 Å². The largest absolute Gasteiger partial charge is 0.325 e. The number of rotatable bonds is 4. The van der Waals surface area contributed by atoms with E-state index in [9.17, 15) is 4.79 Å². The van der Waals surface area contributed by atoms with Crippen molar-refractivity contribution < 1.29 is 4.79 Å². The second-order valence-corrected chi connectivity index (χ2v) is 4.40. The number of halogens is 1. The number of benzene rings is 1. The normalized spacial score (nSPS) is 9.94. The van der Waals surface area contributed by atoms with E-state index < -0.39 is 0 Å². The third-order valence-electron chi connectivity index (χ3n) is 2.15. The highest BCUT2D eigenvalue weighted by atomic mass is 79.9. The van der Waals surface area contributed by atoms with E-state index in [1.54, 1.807) is 4.68 Å². The van der Waals surface area contributed by atoms with Gasteiger partial charge in [0.25, 0.3) is 0 Å². The second kappa shape index (κ2) is 5.54. The molecule has 0 radical (unpaired) electrons. The highest BCUT2D eigenvalue weighted by Gasteiger charge is 2.01. The fourth-order valence-electron chi connectivity index (χ4n) is 1.34. The first-order chi connectivity index (χ1) is 8.24. The van der Waals surface area contributed by atoms with Crippen molar-refractivity contribution in [1.82, 2.24) is 4.68 Å². The van der Waals surface area contributed by atoms with E-state index >= 15 is 0 Å². The molecule has 2 aromatic rings. The summed E-state index contributed by atoms with van der Waals surface area (Å²) in [6.45, 7) is 0.227. The van der Waals surface area contributed by atoms with Gasteiger partial charge < -0.3 is 10.7 Å². The Morgan fingerprint density at radius 3 is 2.47 bits per heavy atom. The molecule has 4 nitrogen and oxygen atoms in total. The maximum atomic E-state index is 11.6. The molecular weight excluding hydrogens is 282 g/mol. The fourth-order valence-corrected chi connectivity index (χ4v) is 1.61. The Morgan fingerprint density at radius 1 is 1.18 bits per heavy atom. The third kappa shape index (κ3) is 3.64. The van der Waals surface area contributed by atoms with Crippen LogP contribution in [0, 0.1) is 0 Å². The van der Waals surface area contributed by atoms with Crippen LogP contribution in [0.2, 0.25) is 0 Å². The van der Waals surface area contributed by atoms with Crippen LogP contribution in [-0.4, -0.2) is 17.1 Å². The van der Waals surface area contributed by atoms with E-state index in [-0.39, 0.29) is 12.5 Å². The molecule has 88 valence electrons. The van der Waals surface area contributed by atoms with Crippen LogP contribution in [0.5, 0.6) is 0 Å². The molecule has 17 heavy (non-hydrogen) atoms. The lowest BCUT2D eigenvalue weighted by atomic mass is 10.3. The van der Waals surface area contributed by atoms with E-state index in [0.717, 1.165) is 10.2 Å². The van der Waals surface area contributed by atoms with E-state index in [0.29, 0.717) is 0 Å². The molecule has 0 aliphatic rings. The molecule has 1 heterocycles. The molecule has 2 rings (SSSR count). The van der Waals surface area contributed by atoms with Crippen LogP contribution in [0.4, 0.5) is 5.69 Å². The molecular formula is C12H12BrN3O. The van der Waals surface area contributed by atoms with Crippen molar-refractivity contribution in [1.29, 1.82) is 0 Å².